The maximum Gasteiger partial charge on any atom is 0.279 e. The second kappa shape index (κ2) is 3.38. The van der Waals surface area contributed by atoms with Gasteiger partial charge >= 0.3 is 0 Å². The van der Waals surface area contributed by atoms with Crippen molar-refractivity contribution in [1.29, 1.82) is 0 Å². The molecule has 0 aliphatic rings. The van der Waals surface area contributed by atoms with E-state index in [0.717, 1.165) is 0 Å². The zero-order chi connectivity index (χ0) is 10.1. The van der Waals surface area contributed by atoms with E-state index in [4.69, 9.17) is 5.73 Å². The average Bonchev–Trinajstić information content (AvgIpc) is 2.52. The molecule has 0 aliphatic carbocycles. The quantitative estimate of drug-likeness (QED) is 0.736. The zero-order valence-electron chi connectivity index (χ0n) is 6.72. The van der Waals surface area contributed by atoms with Crippen molar-refractivity contribution >= 4 is 27.1 Å². The molecular formula is C5H7N3O3S2. The molecule has 0 unspecified atom stereocenters. The Morgan fingerprint density at radius 1 is 1.54 bits per heavy atom. The Morgan fingerprint density at radius 2 is 2.15 bits per heavy atom. The van der Waals surface area contributed by atoms with Gasteiger partial charge in [-0.2, -0.15) is 0 Å². The molecule has 1 heterocycles. The van der Waals surface area contributed by atoms with Gasteiger partial charge in [-0.1, -0.05) is 18.3 Å². The van der Waals surface area contributed by atoms with E-state index >= 15 is 0 Å². The van der Waals surface area contributed by atoms with Gasteiger partial charge in [0.25, 0.3) is 5.91 Å². The summed E-state index contributed by atoms with van der Waals surface area (Å²) >= 11 is 0.688. The van der Waals surface area contributed by atoms with E-state index in [1.54, 1.807) is 0 Å². The minimum absolute atomic E-state index is 0.0691. The van der Waals surface area contributed by atoms with Crippen LogP contribution in [0.15, 0.2) is 4.34 Å². The number of carbonyl (C=O) groups is 1. The number of hydrogen-bond donors (Lipinski definition) is 1. The number of aromatic nitrogens is 2. The van der Waals surface area contributed by atoms with Crippen molar-refractivity contribution in [2.75, 3.05) is 5.75 Å². The normalized spacial score (nSPS) is 11.5. The first-order valence-electron chi connectivity index (χ1n) is 3.33. The fourth-order valence-electron chi connectivity index (χ4n) is 0.558. The SMILES string of the molecule is CCS(=O)(=O)c1nnc(C(N)=O)s1. The summed E-state index contributed by atoms with van der Waals surface area (Å²) in [4.78, 5) is 10.6. The summed E-state index contributed by atoms with van der Waals surface area (Å²) in [5.41, 5.74) is 4.89. The van der Waals surface area contributed by atoms with Crippen molar-refractivity contribution in [2.45, 2.75) is 11.3 Å². The van der Waals surface area contributed by atoms with Crippen LogP contribution in [0.1, 0.15) is 16.7 Å². The third-order valence-electron chi connectivity index (χ3n) is 1.26. The van der Waals surface area contributed by atoms with Gasteiger partial charge in [0.1, 0.15) is 0 Å². The third-order valence-corrected chi connectivity index (χ3v) is 4.38. The Kier molecular flexibility index (Phi) is 2.62. The van der Waals surface area contributed by atoms with Gasteiger partial charge < -0.3 is 5.73 Å². The molecule has 0 aromatic carbocycles. The van der Waals surface area contributed by atoms with E-state index in [1.165, 1.54) is 6.92 Å². The van der Waals surface area contributed by atoms with Crippen LogP contribution in [0.3, 0.4) is 0 Å². The molecule has 1 aromatic heterocycles. The molecule has 6 nitrogen and oxygen atoms in total. The highest BCUT2D eigenvalue weighted by Crippen LogP contribution is 2.15. The molecule has 1 rings (SSSR count). The van der Waals surface area contributed by atoms with Crippen LogP contribution in [-0.4, -0.2) is 30.3 Å². The lowest BCUT2D eigenvalue weighted by Crippen LogP contribution is -2.10. The van der Waals surface area contributed by atoms with Crippen molar-refractivity contribution in [2.24, 2.45) is 5.73 Å². The molecule has 1 amide bonds. The first-order chi connectivity index (χ1) is 5.97. The van der Waals surface area contributed by atoms with Crippen LogP contribution in [0, 0.1) is 0 Å². The van der Waals surface area contributed by atoms with E-state index in [9.17, 15) is 13.2 Å². The average molecular weight is 221 g/mol. The standard InChI is InChI=1S/C5H7N3O3S2/c1-2-13(10,11)5-8-7-4(12-5)3(6)9/h2H2,1H3,(H2,6,9). The predicted octanol–water partition coefficient (Wildman–Crippen LogP) is -0.569. The van der Waals surface area contributed by atoms with Gasteiger partial charge in [0.05, 0.1) is 5.75 Å². The van der Waals surface area contributed by atoms with Gasteiger partial charge in [-0.05, 0) is 0 Å². The van der Waals surface area contributed by atoms with Crippen molar-refractivity contribution in [3.05, 3.63) is 5.01 Å². The smallest absolute Gasteiger partial charge is 0.279 e. The molecule has 0 saturated carbocycles. The van der Waals surface area contributed by atoms with Crippen molar-refractivity contribution in [1.82, 2.24) is 10.2 Å². The molecule has 0 aliphatic heterocycles. The van der Waals surface area contributed by atoms with Crippen LogP contribution in [-0.2, 0) is 9.84 Å². The maximum atomic E-state index is 11.2. The third kappa shape index (κ3) is 2.01. The van der Waals surface area contributed by atoms with Crippen molar-refractivity contribution < 1.29 is 13.2 Å². The van der Waals surface area contributed by atoms with E-state index < -0.39 is 15.7 Å². The number of rotatable bonds is 3. The summed E-state index contributed by atoms with van der Waals surface area (Å²) in [6, 6.07) is 0. The summed E-state index contributed by atoms with van der Waals surface area (Å²) in [5.74, 6) is -0.838. The number of carbonyl (C=O) groups excluding carboxylic acids is 1. The highest BCUT2D eigenvalue weighted by atomic mass is 32.2. The molecule has 0 atom stereocenters. The molecule has 1 aromatic rings. The van der Waals surface area contributed by atoms with Crippen LogP contribution in [0.25, 0.3) is 0 Å². The molecule has 0 bridgehead atoms. The van der Waals surface area contributed by atoms with E-state index in [0.29, 0.717) is 11.3 Å². The van der Waals surface area contributed by atoms with Crippen LogP contribution < -0.4 is 5.73 Å². The fourth-order valence-corrected chi connectivity index (χ4v) is 2.50. The Bertz CT molecular complexity index is 422. The van der Waals surface area contributed by atoms with Crippen molar-refractivity contribution in [3.8, 4) is 0 Å². The molecule has 8 heteroatoms. The fraction of sp³-hybridized carbons (Fsp3) is 0.400. The van der Waals surface area contributed by atoms with Crippen LogP contribution >= 0.6 is 11.3 Å². The second-order valence-corrected chi connectivity index (χ2v) is 5.57. The lowest BCUT2D eigenvalue weighted by atomic mass is 10.7. The topological polar surface area (TPSA) is 103 Å². The van der Waals surface area contributed by atoms with Gasteiger partial charge in [0.15, 0.2) is 0 Å². The van der Waals surface area contributed by atoms with Crippen LogP contribution in [0.2, 0.25) is 0 Å². The lowest BCUT2D eigenvalue weighted by molar-refractivity contribution is 0.0999. The maximum absolute atomic E-state index is 11.2. The molecule has 0 saturated heterocycles. The van der Waals surface area contributed by atoms with E-state index in [1.807, 2.05) is 0 Å². The van der Waals surface area contributed by atoms with Gasteiger partial charge in [-0.25, -0.2) is 8.42 Å². The highest BCUT2D eigenvalue weighted by molar-refractivity contribution is 7.93. The van der Waals surface area contributed by atoms with Gasteiger partial charge in [-0.3, -0.25) is 4.79 Å². The number of nitrogens with two attached hydrogens (primary N) is 1. The van der Waals surface area contributed by atoms with E-state index in [-0.39, 0.29) is 15.1 Å². The minimum Gasteiger partial charge on any atom is -0.363 e. The van der Waals surface area contributed by atoms with Crippen LogP contribution in [0.5, 0.6) is 0 Å². The highest BCUT2D eigenvalue weighted by Gasteiger charge is 2.19. The van der Waals surface area contributed by atoms with Gasteiger partial charge in [-0.15, -0.1) is 10.2 Å². The largest absolute Gasteiger partial charge is 0.363 e. The Balaban J connectivity index is 3.13. The minimum atomic E-state index is -3.37. The lowest BCUT2D eigenvalue weighted by Gasteiger charge is -1.90. The molecule has 0 radical (unpaired) electrons. The first kappa shape index (κ1) is 10.1. The number of primary amides is 1. The van der Waals surface area contributed by atoms with Crippen LogP contribution in [0.4, 0.5) is 0 Å². The molecule has 72 valence electrons. The number of sulfone groups is 1. The molecule has 2 N–H and O–H groups in total. The summed E-state index contributed by atoms with van der Waals surface area (Å²) < 4.78 is 22.2. The number of amides is 1. The molecule has 0 fully saturated rings. The van der Waals surface area contributed by atoms with E-state index in [2.05, 4.69) is 10.2 Å². The Labute approximate surface area is 78.7 Å². The number of hydrogen-bond acceptors (Lipinski definition) is 6. The summed E-state index contributed by atoms with van der Waals surface area (Å²) in [6.07, 6.45) is 0. The van der Waals surface area contributed by atoms with Gasteiger partial charge in [0, 0.05) is 0 Å². The summed E-state index contributed by atoms with van der Waals surface area (Å²) in [6.45, 7) is 1.49. The summed E-state index contributed by atoms with van der Waals surface area (Å²) in [7, 11) is -3.37. The van der Waals surface area contributed by atoms with Crippen molar-refractivity contribution in [3.63, 3.8) is 0 Å². The molecule has 0 spiro atoms. The van der Waals surface area contributed by atoms with Gasteiger partial charge in [0.2, 0.25) is 19.2 Å². The first-order valence-corrected chi connectivity index (χ1v) is 5.80. The number of nitrogens with zero attached hydrogens (tertiary/aromatic N) is 2. The molecule has 13 heavy (non-hydrogen) atoms. The zero-order valence-corrected chi connectivity index (χ0v) is 8.35. The molecular weight excluding hydrogens is 214 g/mol. The Hall–Kier alpha value is -1.02. The second-order valence-electron chi connectivity index (χ2n) is 2.14. The summed E-state index contributed by atoms with van der Waals surface area (Å²) in [5, 5.41) is 6.61. The monoisotopic (exact) mass is 221 g/mol. The predicted molar refractivity (Wildman–Crippen MR) is 46.2 cm³/mol. The Morgan fingerprint density at radius 3 is 2.54 bits per heavy atom.